The van der Waals surface area contributed by atoms with E-state index in [9.17, 15) is 0 Å². The predicted octanol–water partition coefficient (Wildman–Crippen LogP) is 2.95. The Hall–Kier alpha value is -2.07. The van der Waals surface area contributed by atoms with Crippen LogP contribution in [0.2, 0.25) is 0 Å². The first-order valence-corrected chi connectivity index (χ1v) is 6.60. The maximum Gasteiger partial charge on any atom is 0.127 e. The second kappa shape index (κ2) is 6.91. The molecule has 2 aromatic rings. The third-order valence-electron chi connectivity index (χ3n) is 3.22. The van der Waals surface area contributed by atoms with Gasteiger partial charge in [0.05, 0.1) is 19.9 Å². The Kier molecular flexibility index (Phi) is 4.96. The normalized spacial score (nSPS) is 11.9. The molecule has 1 N–H and O–H groups in total. The molecule has 20 heavy (non-hydrogen) atoms. The molecular formula is C16H20N2O2. The van der Waals surface area contributed by atoms with Crippen molar-refractivity contribution in [2.45, 2.75) is 19.5 Å². The van der Waals surface area contributed by atoms with Crippen LogP contribution in [0, 0.1) is 0 Å². The molecule has 0 aliphatic rings. The van der Waals surface area contributed by atoms with Crippen LogP contribution in [0.1, 0.15) is 24.2 Å². The Morgan fingerprint density at radius 1 is 1.15 bits per heavy atom. The van der Waals surface area contributed by atoms with Gasteiger partial charge in [-0.25, -0.2) is 0 Å². The van der Waals surface area contributed by atoms with Gasteiger partial charge in [-0.3, -0.25) is 4.98 Å². The predicted molar refractivity (Wildman–Crippen MR) is 79.0 cm³/mol. The molecule has 0 bridgehead atoms. The number of aromatic nitrogens is 1. The Balaban J connectivity index is 2.03. The number of nitrogens with zero attached hydrogens (tertiary/aromatic N) is 1. The molecule has 4 nitrogen and oxygen atoms in total. The number of hydrogen-bond donors (Lipinski definition) is 1. The van der Waals surface area contributed by atoms with E-state index < -0.39 is 0 Å². The zero-order valence-corrected chi connectivity index (χ0v) is 12.1. The minimum absolute atomic E-state index is 0.183. The molecule has 0 aliphatic heterocycles. The largest absolute Gasteiger partial charge is 0.497 e. The first kappa shape index (κ1) is 14.3. The second-order valence-electron chi connectivity index (χ2n) is 4.53. The van der Waals surface area contributed by atoms with Crippen molar-refractivity contribution < 1.29 is 9.47 Å². The second-order valence-corrected chi connectivity index (χ2v) is 4.53. The van der Waals surface area contributed by atoms with Gasteiger partial charge in [-0.1, -0.05) is 12.1 Å². The van der Waals surface area contributed by atoms with Gasteiger partial charge in [-0.05, 0) is 25.1 Å². The smallest absolute Gasteiger partial charge is 0.127 e. The highest BCUT2D eigenvalue weighted by Gasteiger charge is 2.09. The van der Waals surface area contributed by atoms with E-state index >= 15 is 0 Å². The molecule has 0 spiro atoms. The summed E-state index contributed by atoms with van der Waals surface area (Å²) in [6.07, 6.45) is 1.81. The molecular weight excluding hydrogens is 252 g/mol. The molecule has 106 valence electrons. The van der Waals surface area contributed by atoms with Crippen LogP contribution in [0.4, 0.5) is 0 Å². The number of rotatable bonds is 6. The van der Waals surface area contributed by atoms with E-state index in [1.54, 1.807) is 14.2 Å². The highest BCUT2D eigenvalue weighted by atomic mass is 16.5. The summed E-state index contributed by atoms with van der Waals surface area (Å²) >= 11 is 0. The van der Waals surface area contributed by atoms with Crippen LogP contribution in [-0.2, 0) is 6.54 Å². The van der Waals surface area contributed by atoms with Gasteiger partial charge in [0.1, 0.15) is 11.5 Å². The lowest BCUT2D eigenvalue weighted by Crippen LogP contribution is -2.19. The zero-order valence-electron chi connectivity index (χ0n) is 12.1. The van der Waals surface area contributed by atoms with Gasteiger partial charge >= 0.3 is 0 Å². The summed E-state index contributed by atoms with van der Waals surface area (Å²) in [4.78, 5) is 4.35. The summed E-state index contributed by atoms with van der Waals surface area (Å²) in [5.41, 5.74) is 2.12. The average Bonchev–Trinajstić information content (AvgIpc) is 2.53. The molecule has 0 saturated carbocycles. The number of ether oxygens (including phenoxy) is 2. The number of benzene rings is 1. The molecule has 4 heteroatoms. The van der Waals surface area contributed by atoms with Crippen molar-refractivity contribution in [3.8, 4) is 11.5 Å². The fraction of sp³-hybridized carbons (Fsp3) is 0.312. The van der Waals surface area contributed by atoms with Crippen LogP contribution in [0.5, 0.6) is 11.5 Å². The molecule has 0 radical (unpaired) electrons. The monoisotopic (exact) mass is 272 g/mol. The van der Waals surface area contributed by atoms with E-state index in [2.05, 4.69) is 17.2 Å². The van der Waals surface area contributed by atoms with Crippen LogP contribution < -0.4 is 14.8 Å². The van der Waals surface area contributed by atoms with Crippen LogP contribution in [0.25, 0.3) is 0 Å². The van der Waals surface area contributed by atoms with E-state index in [4.69, 9.17) is 9.47 Å². The highest BCUT2D eigenvalue weighted by molar-refractivity contribution is 5.40. The van der Waals surface area contributed by atoms with E-state index in [1.165, 1.54) is 0 Å². The van der Waals surface area contributed by atoms with Crippen LogP contribution in [0.3, 0.4) is 0 Å². The van der Waals surface area contributed by atoms with Gasteiger partial charge in [0.15, 0.2) is 0 Å². The topological polar surface area (TPSA) is 43.4 Å². The molecule has 1 heterocycles. The SMILES string of the molecule is COc1ccc(CN[C@@H](C)c2ccccn2)c(OC)c1. The van der Waals surface area contributed by atoms with Gasteiger partial charge in [0, 0.05) is 30.4 Å². The summed E-state index contributed by atoms with van der Waals surface area (Å²) in [5, 5.41) is 3.44. The van der Waals surface area contributed by atoms with Crippen LogP contribution in [0.15, 0.2) is 42.6 Å². The minimum atomic E-state index is 0.183. The third-order valence-corrected chi connectivity index (χ3v) is 3.22. The minimum Gasteiger partial charge on any atom is -0.497 e. The summed E-state index contributed by atoms with van der Waals surface area (Å²) in [6, 6.07) is 12.0. The van der Waals surface area contributed by atoms with Gasteiger partial charge < -0.3 is 14.8 Å². The number of nitrogens with one attached hydrogen (secondary N) is 1. The Bertz CT molecular complexity index is 543. The van der Waals surface area contributed by atoms with Gasteiger partial charge in [0.25, 0.3) is 0 Å². The van der Waals surface area contributed by atoms with Gasteiger partial charge in [-0.2, -0.15) is 0 Å². The van der Waals surface area contributed by atoms with Crippen molar-refractivity contribution >= 4 is 0 Å². The fourth-order valence-corrected chi connectivity index (χ4v) is 2.00. The van der Waals surface area contributed by atoms with E-state index in [1.807, 2.05) is 42.6 Å². The lowest BCUT2D eigenvalue weighted by atomic mass is 10.1. The van der Waals surface area contributed by atoms with Crippen molar-refractivity contribution in [1.82, 2.24) is 10.3 Å². The number of methoxy groups -OCH3 is 2. The number of hydrogen-bond acceptors (Lipinski definition) is 4. The Morgan fingerprint density at radius 3 is 2.65 bits per heavy atom. The van der Waals surface area contributed by atoms with Crippen molar-refractivity contribution in [3.05, 3.63) is 53.9 Å². The first-order chi connectivity index (χ1) is 9.74. The maximum absolute atomic E-state index is 5.39. The molecule has 0 saturated heterocycles. The highest BCUT2D eigenvalue weighted by Crippen LogP contribution is 2.25. The standard InChI is InChI=1S/C16H20N2O2/c1-12(15-6-4-5-9-17-15)18-11-13-7-8-14(19-2)10-16(13)20-3/h4-10,12,18H,11H2,1-3H3/t12-/m0/s1. The van der Waals surface area contributed by atoms with Crippen molar-refractivity contribution in [1.29, 1.82) is 0 Å². The summed E-state index contributed by atoms with van der Waals surface area (Å²) in [5.74, 6) is 1.62. The average molecular weight is 272 g/mol. The van der Waals surface area contributed by atoms with E-state index in [0.717, 1.165) is 22.8 Å². The van der Waals surface area contributed by atoms with Crippen molar-refractivity contribution in [3.63, 3.8) is 0 Å². The van der Waals surface area contributed by atoms with Crippen molar-refractivity contribution in [2.24, 2.45) is 0 Å². The molecule has 1 aromatic heterocycles. The van der Waals surface area contributed by atoms with E-state index in [0.29, 0.717) is 6.54 Å². The molecule has 0 amide bonds. The molecule has 1 aromatic carbocycles. The third kappa shape index (κ3) is 3.48. The quantitative estimate of drug-likeness (QED) is 0.878. The lowest BCUT2D eigenvalue weighted by molar-refractivity contribution is 0.388. The van der Waals surface area contributed by atoms with Crippen molar-refractivity contribution in [2.75, 3.05) is 14.2 Å². The summed E-state index contributed by atoms with van der Waals surface area (Å²) in [7, 11) is 3.32. The zero-order chi connectivity index (χ0) is 14.4. The summed E-state index contributed by atoms with van der Waals surface area (Å²) < 4.78 is 10.6. The first-order valence-electron chi connectivity index (χ1n) is 6.60. The van der Waals surface area contributed by atoms with Crippen LogP contribution in [-0.4, -0.2) is 19.2 Å². The molecule has 0 fully saturated rings. The van der Waals surface area contributed by atoms with E-state index in [-0.39, 0.29) is 6.04 Å². The summed E-state index contributed by atoms with van der Waals surface area (Å²) in [6.45, 7) is 2.81. The molecule has 0 aliphatic carbocycles. The number of pyridine rings is 1. The Labute approximate surface area is 119 Å². The van der Waals surface area contributed by atoms with Gasteiger partial charge in [-0.15, -0.1) is 0 Å². The molecule has 0 unspecified atom stereocenters. The Morgan fingerprint density at radius 2 is 2.00 bits per heavy atom. The molecule has 2 rings (SSSR count). The lowest BCUT2D eigenvalue weighted by Gasteiger charge is -2.15. The maximum atomic E-state index is 5.39. The molecule has 1 atom stereocenters. The van der Waals surface area contributed by atoms with Gasteiger partial charge in [0.2, 0.25) is 0 Å². The van der Waals surface area contributed by atoms with Crippen LogP contribution >= 0.6 is 0 Å². The fourth-order valence-electron chi connectivity index (χ4n) is 2.00.